The van der Waals surface area contributed by atoms with Crippen molar-refractivity contribution in [1.29, 1.82) is 0 Å². The molecule has 2 rings (SSSR count). The number of nitrogens with one attached hydrogen (secondary N) is 1. The smallest absolute Gasteiger partial charge is 0.137 e. The molecule has 1 fully saturated rings. The summed E-state index contributed by atoms with van der Waals surface area (Å²) in [6, 6.07) is 2.37. The Balaban J connectivity index is 2.20. The Morgan fingerprint density at radius 1 is 1.45 bits per heavy atom. The fraction of sp³-hybridized carbons (Fsp3) is 0.643. The Kier molecular flexibility index (Phi) is 5.31. The van der Waals surface area contributed by atoms with Crippen LogP contribution in [0, 0.1) is 0 Å². The molecule has 2 unspecified atom stereocenters. The van der Waals surface area contributed by atoms with Crippen molar-refractivity contribution in [2.45, 2.75) is 19.0 Å². The second-order valence-electron chi connectivity index (χ2n) is 5.34. The molecule has 2 heterocycles. The molecule has 0 aromatic carbocycles. The Hall–Kier alpha value is -1.21. The van der Waals surface area contributed by atoms with Crippen molar-refractivity contribution in [2.75, 3.05) is 40.3 Å². The number of pyridine rings is 1. The van der Waals surface area contributed by atoms with E-state index in [0.29, 0.717) is 12.6 Å². The van der Waals surface area contributed by atoms with Crippen LogP contribution < -0.4 is 16.0 Å². The molecule has 3 N–H and O–H groups in total. The minimum Gasteiger partial charge on any atom is -0.492 e. The molecule has 2 atom stereocenters. The van der Waals surface area contributed by atoms with Crippen LogP contribution in [0.2, 0.25) is 0 Å². The highest BCUT2D eigenvalue weighted by Crippen LogP contribution is 2.24. The molecule has 6 heteroatoms. The van der Waals surface area contributed by atoms with Gasteiger partial charge in [-0.25, -0.2) is 0 Å². The number of hydrazine groups is 1. The first-order valence-electron chi connectivity index (χ1n) is 7.08. The third kappa shape index (κ3) is 3.46. The summed E-state index contributed by atoms with van der Waals surface area (Å²) in [5, 5.41) is 0. The summed E-state index contributed by atoms with van der Waals surface area (Å²) >= 11 is 0. The van der Waals surface area contributed by atoms with E-state index in [2.05, 4.69) is 34.3 Å². The van der Waals surface area contributed by atoms with Gasteiger partial charge in [0.05, 0.1) is 18.8 Å². The zero-order chi connectivity index (χ0) is 14.5. The van der Waals surface area contributed by atoms with Gasteiger partial charge >= 0.3 is 0 Å². The summed E-state index contributed by atoms with van der Waals surface area (Å²) in [5.74, 6) is 6.59. The monoisotopic (exact) mass is 279 g/mol. The number of likely N-dealkylation sites (N-methyl/N-ethyl adjacent to an activating group) is 2. The molecule has 1 aliphatic rings. The van der Waals surface area contributed by atoms with Gasteiger partial charge in [-0.15, -0.1) is 0 Å². The maximum Gasteiger partial charge on any atom is 0.137 e. The lowest BCUT2D eigenvalue weighted by atomic mass is 9.98. The number of nitrogens with zero attached hydrogens (tertiary/aromatic N) is 3. The fourth-order valence-electron chi connectivity index (χ4n) is 2.68. The number of ether oxygens (including phenoxy) is 1. The van der Waals surface area contributed by atoms with E-state index in [1.54, 1.807) is 6.20 Å². The van der Waals surface area contributed by atoms with Gasteiger partial charge < -0.3 is 9.64 Å². The van der Waals surface area contributed by atoms with Crippen LogP contribution in [0.5, 0.6) is 5.75 Å². The summed E-state index contributed by atoms with van der Waals surface area (Å²) in [7, 11) is 4.28. The molecule has 6 nitrogen and oxygen atoms in total. The maximum atomic E-state index is 5.80. The van der Waals surface area contributed by atoms with Crippen LogP contribution in [-0.4, -0.2) is 61.2 Å². The van der Waals surface area contributed by atoms with Crippen molar-refractivity contribution in [3.05, 3.63) is 24.0 Å². The van der Waals surface area contributed by atoms with Gasteiger partial charge in [-0.3, -0.25) is 21.2 Å². The fourth-order valence-corrected chi connectivity index (χ4v) is 2.68. The van der Waals surface area contributed by atoms with Gasteiger partial charge in [-0.2, -0.15) is 0 Å². The lowest BCUT2D eigenvalue weighted by Gasteiger charge is -2.41. The second kappa shape index (κ2) is 6.99. The van der Waals surface area contributed by atoms with Crippen LogP contribution in [-0.2, 0) is 0 Å². The van der Waals surface area contributed by atoms with Crippen LogP contribution in [0.15, 0.2) is 18.5 Å². The SMILES string of the molecule is CCOc1cncc(C(NN)C2CN(C)CCN2C)c1. The van der Waals surface area contributed by atoms with Crippen LogP contribution in [0.4, 0.5) is 0 Å². The van der Waals surface area contributed by atoms with E-state index >= 15 is 0 Å². The third-order valence-electron chi connectivity index (χ3n) is 3.87. The molecule has 1 aliphatic heterocycles. The van der Waals surface area contributed by atoms with Crippen LogP contribution in [0.25, 0.3) is 0 Å². The van der Waals surface area contributed by atoms with Gasteiger partial charge in [0.25, 0.3) is 0 Å². The highest BCUT2D eigenvalue weighted by molar-refractivity contribution is 5.27. The van der Waals surface area contributed by atoms with E-state index in [9.17, 15) is 0 Å². The zero-order valence-corrected chi connectivity index (χ0v) is 12.5. The molecule has 0 amide bonds. The first-order valence-corrected chi connectivity index (χ1v) is 7.08. The van der Waals surface area contributed by atoms with E-state index < -0.39 is 0 Å². The van der Waals surface area contributed by atoms with Gasteiger partial charge in [0, 0.05) is 31.9 Å². The molecule has 20 heavy (non-hydrogen) atoms. The lowest BCUT2D eigenvalue weighted by Crippen LogP contribution is -2.56. The molecule has 1 aromatic heterocycles. The van der Waals surface area contributed by atoms with Gasteiger partial charge in [-0.1, -0.05) is 0 Å². The Labute approximate surface area is 120 Å². The van der Waals surface area contributed by atoms with Crippen molar-refractivity contribution in [2.24, 2.45) is 5.84 Å². The predicted octanol–water partition coefficient (Wildman–Crippen LogP) is 0.231. The normalized spacial score (nSPS) is 22.7. The highest BCUT2D eigenvalue weighted by Gasteiger charge is 2.30. The van der Waals surface area contributed by atoms with E-state index in [4.69, 9.17) is 10.6 Å². The van der Waals surface area contributed by atoms with Crippen molar-refractivity contribution >= 4 is 0 Å². The number of hydrogen-bond donors (Lipinski definition) is 2. The standard InChI is InChI=1S/C14H25N5O/c1-4-20-12-7-11(8-16-9-12)14(17-15)13-10-18(2)5-6-19(13)3/h7-9,13-14,17H,4-6,10,15H2,1-3H3. The molecule has 0 saturated carbocycles. The topological polar surface area (TPSA) is 66.7 Å². The molecule has 0 spiro atoms. The maximum absolute atomic E-state index is 5.80. The second-order valence-corrected chi connectivity index (χ2v) is 5.34. The minimum atomic E-state index is 0.0376. The first-order chi connectivity index (χ1) is 9.65. The summed E-state index contributed by atoms with van der Waals surface area (Å²) < 4.78 is 5.52. The first kappa shape index (κ1) is 15.2. The molecule has 0 radical (unpaired) electrons. The molecule has 0 bridgehead atoms. The summed E-state index contributed by atoms with van der Waals surface area (Å²) in [6.07, 6.45) is 3.59. The Morgan fingerprint density at radius 3 is 2.95 bits per heavy atom. The molecule has 0 aliphatic carbocycles. The largest absolute Gasteiger partial charge is 0.492 e. The quantitative estimate of drug-likeness (QED) is 0.594. The van der Waals surface area contributed by atoms with Gasteiger partial charge in [-0.05, 0) is 32.6 Å². The van der Waals surface area contributed by atoms with E-state index in [1.807, 2.05) is 19.2 Å². The van der Waals surface area contributed by atoms with Gasteiger partial charge in [0.1, 0.15) is 5.75 Å². The Bertz CT molecular complexity index is 428. The molecule has 1 aromatic rings. The van der Waals surface area contributed by atoms with Crippen LogP contribution >= 0.6 is 0 Å². The number of piperazine rings is 1. The average molecular weight is 279 g/mol. The molecular formula is C14H25N5O. The third-order valence-corrected chi connectivity index (χ3v) is 3.87. The summed E-state index contributed by atoms with van der Waals surface area (Å²) in [5.41, 5.74) is 4.01. The van der Waals surface area contributed by atoms with E-state index in [0.717, 1.165) is 30.9 Å². The number of rotatable bonds is 5. The van der Waals surface area contributed by atoms with Crippen molar-refractivity contribution in [3.63, 3.8) is 0 Å². The predicted molar refractivity (Wildman–Crippen MR) is 79.4 cm³/mol. The van der Waals surface area contributed by atoms with Gasteiger partial charge in [0.2, 0.25) is 0 Å². The van der Waals surface area contributed by atoms with Gasteiger partial charge in [0.15, 0.2) is 0 Å². The Morgan fingerprint density at radius 2 is 2.25 bits per heavy atom. The molecular weight excluding hydrogens is 254 g/mol. The minimum absolute atomic E-state index is 0.0376. The average Bonchev–Trinajstić information content (AvgIpc) is 2.44. The molecule has 1 saturated heterocycles. The van der Waals surface area contributed by atoms with Crippen LogP contribution in [0.3, 0.4) is 0 Å². The highest BCUT2D eigenvalue weighted by atomic mass is 16.5. The van der Waals surface area contributed by atoms with E-state index in [-0.39, 0.29) is 6.04 Å². The van der Waals surface area contributed by atoms with Crippen LogP contribution in [0.1, 0.15) is 18.5 Å². The van der Waals surface area contributed by atoms with Crippen molar-refractivity contribution in [3.8, 4) is 5.75 Å². The summed E-state index contributed by atoms with van der Waals surface area (Å²) in [6.45, 7) is 5.71. The van der Waals surface area contributed by atoms with Crippen molar-refractivity contribution < 1.29 is 4.74 Å². The van der Waals surface area contributed by atoms with Crippen molar-refractivity contribution in [1.82, 2.24) is 20.2 Å². The number of nitrogens with two attached hydrogens (primary N) is 1. The van der Waals surface area contributed by atoms with E-state index in [1.165, 1.54) is 0 Å². The summed E-state index contributed by atoms with van der Waals surface area (Å²) in [4.78, 5) is 8.93. The molecule has 112 valence electrons. The number of hydrogen-bond acceptors (Lipinski definition) is 6. The number of aromatic nitrogens is 1. The lowest BCUT2D eigenvalue weighted by molar-refractivity contribution is 0.0875. The zero-order valence-electron chi connectivity index (χ0n) is 12.5.